The molecule has 0 spiro atoms. The molecule has 0 aliphatic heterocycles. The number of carbonyl (C=O) groups is 4. The number of ketones is 4. The number of unbranched alkanes of at least 4 members (excludes halogenated alkanes) is 6. The predicted molar refractivity (Wildman–Crippen MR) is 208 cm³/mol. The number of nitrogens with one attached hydrogen (secondary N) is 2. The molecule has 0 bridgehead atoms. The van der Waals surface area contributed by atoms with Gasteiger partial charge in [-0.25, -0.2) is 0 Å². The molecule has 0 radical (unpaired) electrons. The topological polar surface area (TPSA) is 269 Å². The average Bonchev–Trinajstić information content (AvgIpc) is 3.17. The third-order valence-electron chi connectivity index (χ3n) is 7.93. The molecule has 0 aromatic heterocycles. The molecule has 4 aromatic rings. The van der Waals surface area contributed by atoms with Gasteiger partial charge in [0, 0.05) is 44.5 Å². The molecule has 2 aliphatic carbocycles. The van der Waals surface area contributed by atoms with Crippen LogP contribution in [-0.2, 0) is 42.1 Å². The van der Waals surface area contributed by atoms with Crippen molar-refractivity contribution in [3.05, 3.63) is 168 Å². The molecule has 308 valence electrons. The normalized spacial score (nSPS) is 10.8. The SMILES string of the molecule is N.O=C1c2ccccc2C(=O)c2ccccc21.O=C1c2ccccc2C(=O)c2ccccc21.O=[N+]([O-])[O-].[Cl-].[NH-]CCCCCCN.[NH-]CCCCCCN.[Pt+2].[Pt+2]. The zero-order valence-corrected chi connectivity index (χ0v) is 36.2. The van der Waals surface area contributed by atoms with Crippen LogP contribution < -0.4 is 30.0 Å². The van der Waals surface area contributed by atoms with E-state index in [0.717, 1.165) is 38.8 Å². The molecule has 0 atom stereocenters. The van der Waals surface area contributed by atoms with Gasteiger partial charge in [-0.15, -0.1) is 0 Å². The number of benzene rings is 4. The van der Waals surface area contributed by atoms with Crippen molar-refractivity contribution in [3.8, 4) is 0 Å². The Morgan fingerprint density at radius 1 is 0.429 bits per heavy atom. The number of fused-ring (bicyclic) bond motifs is 4. The summed E-state index contributed by atoms with van der Waals surface area (Å²) in [5, 5.41) is 14.8. The molecule has 0 unspecified atom stereocenters. The van der Waals surface area contributed by atoms with Crippen molar-refractivity contribution in [2.75, 3.05) is 26.2 Å². The maximum Gasteiger partial charge on any atom is 2.00 e. The Bertz CT molecular complexity index is 1450. The first-order valence-corrected chi connectivity index (χ1v) is 17.2. The monoisotopic (exact) mass is 1150 g/mol. The molecule has 56 heavy (non-hydrogen) atoms. The summed E-state index contributed by atoms with van der Waals surface area (Å²) in [5.41, 5.74) is 28.2. The summed E-state index contributed by atoms with van der Waals surface area (Å²) in [6.07, 6.45) is 9.10. The first-order chi connectivity index (χ1) is 25.1. The Morgan fingerprint density at radius 3 is 0.732 bits per heavy atom. The first kappa shape index (κ1) is 56.6. The van der Waals surface area contributed by atoms with Crippen LogP contribution >= 0.6 is 0 Å². The summed E-state index contributed by atoms with van der Waals surface area (Å²) in [4.78, 5) is 56.7. The summed E-state index contributed by atoms with van der Waals surface area (Å²) >= 11 is 0. The van der Waals surface area contributed by atoms with Crippen molar-refractivity contribution in [3.63, 3.8) is 0 Å². The summed E-state index contributed by atoms with van der Waals surface area (Å²) in [6, 6.07) is 27.8. The zero-order valence-electron chi connectivity index (χ0n) is 30.9. The number of nitrogens with two attached hydrogens (primary N) is 2. The summed E-state index contributed by atoms with van der Waals surface area (Å²) in [5.74, 6) is -0.256. The van der Waals surface area contributed by atoms with E-state index >= 15 is 0 Å². The van der Waals surface area contributed by atoms with Gasteiger partial charge in [-0.3, -0.25) is 19.2 Å². The van der Waals surface area contributed by atoms with E-state index in [1.165, 1.54) is 25.7 Å². The van der Waals surface area contributed by atoms with Crippen LogP contribution in [0.3, 0.4) is 0 Å². The number of rotatable bonds is 10. The van der Waals surface area contributed by atoms with Gasteiger partial charge in [0.15, 0.2) is 23.1 Å². The fraction of sp³-hybridized carbons (Fsp3) is 0.300. The van der Waals surface area contributed by atoms with Crippen molar-refractivity contribution in [2.45, 2.75) is 51.4 Å². The van der Waals surface area contributed by atoms with E-state index in [-0.39, 0.29) is 83.8 Å². The minimum absolute atomic E-state index is 0. The average molecular weight is 1150 g/mol. The smallest absolute Gasteiger partial charge is 1.00 e. The number of hydrogen-bond acceptors (Lipinski definition) is 10. The second kappa shape index (κ2) is 32.3. The Labute approximate surface area is 363 Å². The van der Waals surface area contributed by atoms with Crippen molar-refractivity contribution in [2.24, 2.45) is 11.5 Å². The van der Waals surface area contributed by atoms with Crippen molar-refractivity contribution in [1.82, 2.24) is 6.15 Å². The van der Waals surface area contributed by atoms with E-state index in [9.17, 15) is 19.2 Å². The van der Waals surface area contributed by atoms with E-state index in [2.05, 4.69) is 0 Å². The van der Waals surface area contributed by atoms with Crippen LogP contribution in [0.25, 0.3) is 11.5 Å². The molecule has 0 amide bonds. The Kier molecular flexibility index (Phi) is 32.6. The molecule has 16 heteroatoms. The van der Waals surface area contributed by atoms with Crippen LogP contribution in [0.4, 0.5) is 0 Å². The van der Waals surface area contributed by atoms with Crippen LogP contribution in [0.5, 0.6) is 0 Å². The molecule has 13 nitrogen and oxygen atoms in total. The Hall–Kier alpha value is -3.77. The van der Waals surface area contributed by atoms with Gasteiger partial charge in [0.1, 0.15) is 0 Å². The van der Waals surface area contributed by atoms with Gasteiger partial charge in [0.05, 0.1) is 5.09 Å². The van der Waals surface area contributed by atoms with E-state index in [1.54, 1.807) is 97.1 Å². The maximum atomic E-state index is 12.1. The van der Waals surface area contributed by atoms with Gasteiger partial charge in [-0.1, -0.05) is 136 Å². The number of nitrogens with zero attached hydrogens (tertiary/aromatic N) is 1. The second-order valence-electron chi connectivity index (χ2n) is 11.6. The number of hydrogen-bond donors (Lipinski definition) is 3. The summed E-state index contributed by atoms with van der Waals surface area (Å²) in [6.45, 7) is 2.76. The van der Waals surface area contributed by atoms with Crippen LogP contribution in [0.2, 0.25) is 0 Å². The van der Waals surface area contributed by atoms with Crippen LogP contribution in [-0.4, -0.2) is 54.4 Å². The van der Waals surface area contributed by atoms with Crippen molar-refractivity contribution >= 4 is 23.1 Å². The van der Waals surface area contributed by atoms with E-state index < -0.39 is 5.09 Å². The number of carbonyl (C=O) groups excluding carboxylic acids is 4. The standard InChI is InChI=1S/2C14H8O2.2C6H15N2.ClH.NO3.H3N.2Pt/c2*15-13-9-5-1-2-6-10(9)14(16)12-8-4-3-7-11(12)13;2*7-5-3-1-2-4-6-8;;2-1(3)4;;;/h2*1-8H;2*7H,1-6,8H2;1H;;1H3;;/q;;2*-1;;-1;;2*+2/p-1. The summed E-state index contributed by atoms with van der Waals surface area (Å²) < 4.78 is 0. The van der Waals surface area contributed by atoms with Gasteiger partial charge >= 0.3 is 42.1 Å². The second-order valence-corrected chi connectivity index (χ2v) is 11.6. The maximum absolute atomic E-state index is 12.1. The van der Waals surface area contributed by atoms with Gasteiger partial charge in [0.2, 0.25) is 0 Å². The van der Waals surface area contributed by atoms with Gasteiger partial charge < -0.3 is 56.8 Å². The van der Waals surface area contributed by atoms with Gasteiger partial charge in [-0.05, 0) is 25.9 Å². The van der Waals surface area contributed by atoms with E-state index in [0.29, 0.717) is 57.6 Å². The molecular weight excluding hydrogens is 1100 g/mol. The molecule has 9 N–H and O–H groups in total. The van der Waals surface area contributed by atoms with Gasteiger partial charge in [-0.2, -0.15) is 13.1 Å². The van der Waals surface area contributed by atoms with Crippen LogP contribution in [0.1, 0.15) is 115 Å². The minimum atomic E-state index is -1.75. The fourth-order valence-corrected chi connectivity index (χ4v) is 5.34. The molecule has 0 saturated carbocycles. The molecule has 6 rings (SSSR count). The van der Waals surface area contributed by atoms with E-state index in [4.69, 9.17) is 38.3 Å². The zero-order chi connectivity index (χ0) is 38.3. The molecule has 0 saturated heterocycles. The summed E-state index contributed by atoms with van der Waals surface area (Å²) in [7, 11) is 0. The minimum Gasteiger partial charge on any atom is -1.00 e. The Balaban J connectivity index is -0.000000662. The predicted octanol–water partition coefficient (Wildman–Crippen LogP) is 4.96. The van der Waals surface area contributed by atoms with Crippen LogP contribution in [0, 0.1) is 15.3 Å². The quantitative estimate of drug-likeness (QED) is 0.0943. The third-order valence-corrected chi connectivity index (χ3v) is 7.93. The third kappa shape index (κ3) is 18.0. The van der Waals surface area contributed by atoms with E-state index in [1.807, 2.05) is 0 Å². The van der Waals surface area contributed by atoms with Crippen LogP contribution in [0.15, 0.2) is 97.1 Å². The van der Waals surface area contributed by atoms with Crippen molar-refractivity contribution < 1.29 is 78.8 Å². The molecule has 2 aliphatic rings. The van der Waals surface area contributed by atoms with Gasteiger partial charge in [0.25, 0.3) is 0 Å². The fourth-order valence-electron chi connectivity index (χ4n) is 5.34. The molecule has 0 heterocycles. The largest absolute Gasteiger partial charge is 2.00 e. The Morgan fingerprint density at radius 2 is 0.589 bits per heavy atom. The number of halogens is 1. The molecular formula is C40H49ClN6O7Pt2. The molecule has 4 aromatic carbocycles. The first-order valence-electron chi connectivity index (χ1n) is 17.2. The van der Waals surface area contributed by atoms with Crippen molar-refractivity contribution in [1.29, 1.82) is 0 Å². The molecule has 0 fully saturated rings.